The maximum atomic E-state index is 3.73. The monoisotopic (exact) mass is 312 g/mol. The lowest BCUT2D eigenvalue weighted by Gasteiger charge is -2.28. The summed E-state index contributed by atoms with van der Waals surface area (Å²) in [5.74, 6) is 0. The normalized spacial score (nSPS) is 15.2. The van der Waals surface area contributed by atoms with Crippen LogP contribution in [0, 0.1) is 13.8 Å². The highest BCUT2D eigenvalue weighted by Crippen LogP contribution is 2.34. The van der Waals surface area contributed by atoms with Gasteiger partial charge < -0.3 is 10.5 Å². The van der Waals surface area contributed by atoms with Crippen LogP contribution in [0.2, 0.25) is 0 Å². The van der Waals surface area contributed by atoms with Crippen molar-refractivity contribution in [2.24, 2.45) is 0 Å². The summed E-state index contributed by atoms with van der Waals surface area (Å²) in [6.07, 6.45) is 3.78. The summed E-state index contributed by atoms with van der Waals surface area (Å²) in [6, 6.07) is 15.4. The second-order valence-corrected chi connectivity index (χ2v) is 7.15. The summed E-state index contributed by atoms with van der Waals surface area (Å²) < 4.78 is 0. The van der Waals surface area contributed by atoms with E-state index in [0.29, 0.717) is 0 Å². The van der Waals surface area contributed by atoms with Crippen molar-refractivity contribution >= 4 is 34.6 Å². The van der Waals surface area contributed by atoms with E-state index < -0.39 is 0 Å². The van der Waals surface area contributed by atoms with Gasteiger partial charge in [0.1, 0.15) is 0 Å². The maximum Gasteiger partial charge on any atom is 0.406 e. The third-order valence-electron chi connectivity index (χ3n) is 5.77. The van der Waals surface area contributed by atoms with Crippen LogP contribution in [0.1, 0.15) is 28.7 Å². The molecule has 0 fully saturated rings. The van der Waals surface area contributed by atoms with Crippen molar-refractivity contribution in [1.82, 2.24) is 0 Å². The first-order valence-corrected chi connectivity index (χ1v) is 8.89. The summed E-state index contributed by atoms with van der Waals surface area (Å²) in [6.45, 7) is 4.70. The van der Waals surface area contributed by atoms with Gasteiger partial charge in [-0.15, -0.1) is 0 Å². The van der Waals surface area contributed by atoms with Crippen LogP contribution in [0.3, 0.4) is 0 Å². The SMILES string of the molecule is Cc1cc(B2Nc3cccc4cccc(c34)N2)c(C)c2c1CCC2. The number of nitrogens with one attached hydrogen (secondary N) is 2. The maximum absolute atomic E-state index is 3.73. The van der Waals surface area contributed by atoms with Crippen LogP contribution >= 0.6 is 0 Å². The molecule has 0 unspecified atom stereocenters. The first kappa shape index (κ1) is 14.0. The van der Waals surface area contributed by atoms with E-state index in [2.05, 4.69) is 66.8 Å². The Morgan fingerprint density at radius 1 is 0.875 bits per heavy atom. The van der Waals surface area contributed by atoms with E-state index in [1.165, 1.54) is 58.0 Å². The Morgan fingerprint density at radius 2 is 1.54 bits per heavy atom. The molecular weight excluding hydrogens is 291 g/mol. The zero-order valence-corrected chi connectivity index (χ0v) is 14.2. The average molecular weight is 312 g/mol. The molecule has 0 saturated heterocycles. The highest BCUT2D eigenvalue weighted by Gasteiger charge is 2.29. The number of aryl methyl sites for hydroxylation is 1. The molecule has 3 aromatic carbocycles. The number of fused-ring (bicyclic) bond motifs is 1. The molecule has 0 saturated carbocycles. The standard InChI is InChI=1S/C21H21BN2/c1-13-12-18(14(2)17-9-5-8-16(13)17)22-23-19-10-3-6-15-7-4-11-20(24-22)21(15)19/h3-4,6-7,10-12,23-24H,5,8-9H2,1-2H3. The van der Waals surface area contributed by atoms with Gasteiger partial charge in [-0.05, 0) is 78.3 Å². The van der Waals surface area contributed by atoms with E-state index in [4.69, 9.17) is 0 Å². The van der Waals surface area contributed by atoms with Crippen LogP contribution in [-0.4, -0.2) is 6.98 Å². The minimum absolute atomic E-state index is 0.134. The molecule has 0 spiro atoms. The van der Waals surface area contributed by atoms with Gasteiger partial charge in [0.2, 0.25) is 0 Å². The van der Waals surface area contributed by atoms with Gasteiger partial charge in [-0.3, -0.25) is 0 Å². The van der Waals surface area contributed by atoms with Gasteiger partial charge in [0.15, 0.2) is 0 Å². The third kappa shape index (κ3) is 1.91. The molecule has 5 rings (SSSR count). The lowest BCUT2D eigenvalue weighted by Crippen LogP contribution is -2.49. The molecule has 1 heterocycles. The van der Waals surface area contributed by atoms with E-state index in [-0.39, 0.29) is 6.98 Å². The minimum Gasteiger partial charge on any atom is -0.405 e. The molecule has 3 heteroatoms. The second kappa shape index (κ2) is 5.04. The van der Waals surface area contributed by atoms with Gasteiger partial charge in [0.05, 0.1) is 0 Å². The topological polar surface area (TPSA) is 24.1 Å². The van der Waals surface area contributed by atoms with E-state index >= 15 is 0 Å². The number of anilines is 2. The molecule has 3 aromatic rings. The van der Waals surface area contributed by atoms with Gasteiger partial charge in [-0.2, -0.15) is 0 Å². The zero-order chi connectivity index (χ0) is 16.3. The Hall–Kier alpha value is -2.42. The highest BCUT2D eigenvalue weighted by molar-refractivity contribution is 6.80. The fraction of sp³-hybridized carbons (Fsp3) is 0.238. The van der Waals surface area contributed by atoms with Crippen LogP contribution in [0.5, 0.6) is 0 Å². The van der Waals surface area contributed by atoms with Crippen LogP contribution in [0.25, 0.3) is 10.8 Å². The molecule has 118 valence electrons. The Bertz CT molecular complexity index is 936. The molecule has 2 nitrogen and oxygen atoms in total. The molecule has 1 aliphatic carbocycles. The quantitative estimate of drug-likeness (QED) is 0.659. The fourth-order valence-electron chi connectivity index (χ4n) is 4.58. The van der Waals surface area contributed by atoms with Crippen molar-refractivity contribution in [2.75, 3.05) is 10.5 Å². The molecule has 0 atom stereocenters. The summed E-state index contributed by atoms with van der Waals surface area (Å²) >= 11 is 0. The first-order chi connectivity index (χ1) is 11.7. The van der Waals surface area contributed by atoms with Crippen molar-refractivity contribution in [3.63, 3.8) is 0 Å². The van der Waals surface area contributed by atoms with Crippen LogP contribution in [0.15, 0.2) is 42.5 Å². The third-order valence-corrected chi connectivity index (χ3v) is 5.77. The summed E-state index contributed by atoms with van der Waals surface area (Å²) in [7, 11) is 0. The predicted molar refractivity (Wildman–Crippen MR) is 105 cm³/mol. The number of benzene rings is 3. The van der Waals surface area contributed by atoms with Gasteiger partial charge in [-0.1, -0.05) is 30.3 Å². The van der Waals surface area contributed by atoms with Gasteiger partial charge in [0.25, 0.3) is 0 Å². The number of rotatable bonds is 1. The average Bonchev–Trinajstić information content (AvgIpc) is 3.09. The number of hydrogen-bond donors (Lipinski definition) is 2. The Morgan fingerprint density at radius 3 is 2.25 bits per heavy atom. The summed E-state index contributed by atoms with van der Waals surface area (Å²) in [5.41, 5.74) is 9.93. The second-order valence-electron chi connectivity index (χ2n) is 7.15. The fourth-order valence-corrected chi connectivity index (χ4v) is 4.58. The van der Waals surface area contributed by atoms with Crippen LogP contribution in [-0.2, 0) is 12.8 Å². The minimum atomic E-state index is 0.134. The van der Waals surface area contributed by atoms with Crippen LogP contribution < -0.4 is 15.9 Å². The van der Waals surface area contributed by atoms with E-state index in [0.717, 1.165) is 0 Å². The molecule has 0 aromatic heterocycles. The zero-order valence-electron chi connectivity index (χ0n) is 14.2. The molecule has 24 heavy (non-hydrogen) atoms. The van der Waals surface area contributed by atoms with Crippen molar-refractivity contribution in [2.45, 2.75) is 33.1 Å². The van der Waals surface area contributed by atoms with Gasteiger partial charge in [0, 0.05) is 16.8 Å². The Labute approximate surface area is 143 Å². The predicted octanol–water partition coefficient (Wildman–Crippen LogP) is 4.18. The van der Waals surface area contributed by atoms with E-state index in [1.807, 2.05) is 0 Å². The summed E-state index contributed by atoms with van der Waals surface area (Å²) in [4.78, 5) is 0. The summed E-state index contributed by atoms with van der Waals surface area (Å²) in [5, 5.41) is 10.0. The van der Waals surface area contributed by atoms with Crippen LogP contribution in [0.4, 0.5) is 11.4 Å². The van der Waals surface area contributed by atoms with E-state index in [1.54, 1.807) is 11.1 Å². The highest BCUT2D eigenvalue weighted by atomic mass is 15.0. The lowest BCUT2D eigenvalue weighted by molar-refractivity contribution is 0.907. The Balaban J connectivity index is 1.65. The van der Waals surface area contributed by atoms with Crippen molar-refractivity contribution < 1.29 is 0 Å². The van der Waals surface area contributed by atoms with E-state index in [9.17, 15) is 0 Å². The first-order valence-electron chi connectivity index (χ1n) is 8.89. The number of hydrogen-bond acceptors (Lipinski definition) is 2. The molecular formula is C21H21BN2. The van der Waals surface area contributed by atoms with Crippen molar-refractivity contribution in [3.8, 4) is 0 Å². The molecule has 2 N–H and O–H groups in total. The van der Waals surface area contributed by atoms with Crippen molar-refractivity contribution in [1.29, 1.82) is 0 Å². The van der Waals surface area contributed by atoms with Crippen molar-refractivity contribution in [3.05, 3.63) is 64.7 Å². The lowest BCUT2D eigenvalue weighted by atomic mass is 9.63. The smallest absolute Gasteiger partial charge is 0.405 e. The molecule has 1 aliphatic heterocycles. The largest absolute Gasteiger partial charge is 0.406 e. The van der Waals surface area contributed by atoms with Gasteiger partial charge >= 0.3 is 6.98 Å². The molecule has 2 aliphatic rings. The molecule has 0 amide bonds. The molecule has 0 bridgehead atoms. The Kier molecular flexibility index (Phi) is 2.93. The van der Waals surface area contributed by atoms with Gasteiger partial charge in [-0.25, -0.2) is 0 Å². The molecule has 0 radical (unpaired) electrons.